The molecule has 0 aliphatic heterocycles. The monoisotopic (exact) mass is 663 g/mol. The number of ether oxygens (including phenoxy) is 2. The topological polar surface area (TPSA) is 35.5 Å². The van der Waals surface area contributed by atoms with Gasteiger partial charge >= 0.3 is 5.97 Å². The maximum Gasteiger partial charge on any atom is 0.305 e. The first-order valence-electron chi connectivity index (χ1n) is 20.7. The van der Waals surface area contributed by atoms with Gasteiger partial charge in [-0.15, -0.1) is 0 Å². The first-order valence-corrected chi connectivity index (χ1v) is 20.7. The Labute approximate surface area is 297 Å². The van der Waals surface area contributed by atoms with Gasteiger partial charge in [-0.05, 0) is 29.7 Å². The fraction of sp³-hybridized carbons (Fsp3) is 0.711. The average molecular weight is 663 g/mol. The molecule has 2 aromatic rings. The second-order valence-corrected chi connectivity index (χ2v) is 14.3. The third-order valence-corrected chi connectivity index (χ3v) is 9.81. The van der Waals surface area contributed by atoms with Gasteiger partial charge in [0, 0.05) is 12.8 Å². The molecular formula is C45H74O3. The molecule has 2 aromatic carbocycles. The third-order valence-electron chi connectivity index (χ3n) is 9.81. The highest BCUT2D eigenvalue weighted by atomic mass is 16.5. The average Bonchev–Trinajstić information content (AvgIpc) is 3.11. The summed E-state index contributed by atoms with van der Waals surface area (Å²) in [5.74, 6) is 0.799. The van der Waals surface area contributed by atoms with E-state index in [9.17, 15) is 4.79 Å². The molecule has 0 saturated carbocycles. The van der Waals surface area contributed by atoms with Crippen LogP contribution in [0.1, 0.15) is 198 Å². The number of unbranched alkanes of at least 4 members (excludes halogenated alkanes) is 26. The predicted octanol–water partition coefficient (Wildman–Crippen LogP) is 14.3. The van der Waals surface area contributed by atoms with Crippen LogP contribution in [0.25, 0.3) is 0 Å². The smallest absolute Gasteiger partial charge is 0.305 e. The molecule has 0 amide bonds. The van der Waals surface area contributed by atoms with E-state index in [1.165, 1.54) is 161 Å². The minimum absolute atomic E-state index is 0.0580. The van der Waals surface area contributed by atoms with Crippen molar-refractivity contribution < 1.29 is 14.3 Å². The summed E-state index contributed by atoms with van der Waals surface area (Å²) < 4.78 is 11.3. The summed E-state index contributed by atoms with van der Waals surface area (Å²) in [5.41, 5.74) is 2.31. The Bertz CT molecular complexity index is 954. The van der Waals surface area contributed by atoms with Crippen molar-refractivity contribution in [1.82, 2.24) is 0 Å². The van der Waals surface area contributed by atoms with E-state index >= 15 is 0 Å². The van der Waals surface area contributed by atoms with Crippen LogP contribution in [0.15, 0.2) is 54.6 Å². The first kappa shape index (κ1) is 41.9. The van der Waals surface area contributed by atoms with Gasteiger partial charge in [0.15, 0.2) is 0 Å². The van der Waals surface area contributed by atoms with E-state index in [0.29, 0.717) is 19.6 Å². The van der Waals surface area contributed by atoms with E-state index < -0.39 is 0 Å². The minimum atomic E-state index is -0.0580. The third kappa shape index (κ3) is 25.7. The molecule has 0 aliphatic carbocycles. The molecule has 0 unspecified atom stereocenters. The van der Waals surface area contributed by atoms with E-state index in [0.717, 1.165) is 36.1 Å². The van der Waals surface area contributed by atoms with Crippen molar-refractivity contribution in [3.8, 4) is 5.75 Å². The lowest BCUT2D eigenvalue weighted by Crippen LogP contribution is -2.07. The fourth-order valence-electron chi connectivity index (χ4n) is 6.61. The zero-order valence-corrected chi connectivity index (χ0v) is 31.3. The minimum Gasteiger partial charge on any atom is -0.489 e. The zero-order valence-electron chi connectivity index (χ0n) is 31.3. The second-order valence-electron chi connectivity index (χ2n) is 14.3. The first-order chi connectivity index (χ1) is 23.8. The standard InChI is InChI=1S/C45H74O3/c1-2-3-4-5-6-7-8-9-10-11-12-13-14-15-16-17-18-19-20-21-22-23-24-25-26-27-31-34-45(46)47-40-39-42-35-37-44(38-36-42)48-41-43-32-29-28-30-33-43/h28-30,32-33,35-38H,2-27,31,34,39-41H2,1H3. The van der Waals surface area contributed by atoms with Crippen LogP contribution in [-0.2, 0) is 22.6 Å². The summed E-state index contributed by atoms with van der Waals surface area (Å²) in [5, 5.41) is 0. The van der Waals surface area contributed by atoms with Gasteiger partial charge in [0.05, 0.1) is 6.61 Å². The van der Waals surface area contributed by atoms with Crippen molar-refractivity contribution in [3.05, 3.63) is 65.7 Å². The summed E-state index contributed by atoms with van der Waals surface area (Å²) >= 11 is 0. The molecule has 0 atom stereocenters. The van der Waals surface area contributed by atoms with Gasteiger partial charge in [-0.2, -0.15) is 0 Å². The number of benzene rings is 2. The van der Waals surface area contributed by atoms with Crippen molar-refractivity contribution in [2.75, 3.05) is 6.61 Å². The highest BCUT2D eigenvalue weighted by molar-refractivity contribution is 5.69. The Hall–Kier alpha value is -2.29. The molecule has 0 spiro atoms. The molecule has 3 heteroatoms. The van der Waals surface area contributed by atoms with E-state index in [1.807, 2.05) is 30.3 Å². The van der Waals surface area contributed by atoms with Crippen LogP contribution in [0, 0.1) is 0 Å². The van der Waals surface area contributed by atoms with Gasteiger partial charge in [0.2, 0.25) is 0 Å². The van der Waals surface area contributed by atoms with Crippen molar-refractivity contribution in [1.29, 1.82) is 0 Å². The molecule has 0 N–H and O–H groups in total. The van der Waals surface area contributed by atoms with Gasteiger partial charge in [-0.3, -0.25) is 4.79 Å². The maximum absolute atomic E-state index is 12.1. The van der Waals surface area contributed by atoms with Gasteiger partial charge < -0.3 is 9.47 Å². The van der Waals surface area contributed by atoms with Gasteiger partial charge in [0.1, 0.15) is 12.4 Å². The molecule has 0 fully saturated rings. The van der Waals surface area contributed by atoms with Crippen LogP contribution >= 0.6 is 0 Å². The van der Waals surface area contributed by atoms with E-state index in [1.54, 1.807) is 0 Å². The number of hydrogen-bond donors (Lipinski definition) is 0. The predicted molar refractivity (Wildman–Crippen MR) is 207 cm³/mol. The Balaban J connectivity index is 1.23. The molecular weight excluding hydrogens is 588 g/mol. The number of carbonyl (C=O) groups is 1. The van der Waals surface area contributed by atoms with Crippen molar-refractivity contribution in [3.63, 3.8) is 0 Å². The summed E-state index contributed by atoms with van der Waals surface area (Å²) in [4.78, 5) is 12.1. The number of hydrogen-bond acceptors (Lipinski definition) is 3. The Morgan fingerprint density at radius 1 is 0.458 bits per heavy atom. The lowest BCUT2D eigenvalue weighted by atomic mass is 10.0. The summed E-state index contributed by atoms with van der Waals surface area (Å²) in [6.45, 7) is 3.31. The molecule has 0 aliphatic rings. The number of esters is 1. The second kappa shape index (κ2) is 31.9. The quantitative estimate of drug-likeness (QED) is 0.0552. The molecule has 272 valence electrons. The summed E-state index contributed by atoms with van der Waals surface area (Å²) in [7, 11) is 0. The normalized spacial score (nSPS) is 11.2. The molecule has 2 rings (SSSR count). The largest absolute Gasteiger partial charge is 0.489 e. The molecule has 48 heavy (non-hydrogen) atoms. The van der Waals surface area contributed by atoms with Crippen molar-refractivity contribution in [2.45, 2.75) is 200 Å². The van der Waals surface area contributed by atoms with Gasteiger partial charge in [-0.25, -0.2) is 0 Å². The molecule has 0 aromatic heterocycles. The van der Waals surface area contributed by atoms with Gasteiger partial charge in [-0.1, -0.05) is 216 Å². The van der Waals surface area contributed by atoms with Crippen LogP contribution in [0.3, 0.4) is 0 Å². The van der Waals surface area contributed by atoms with Crippen LogP contribution in [-0.4, -0.2) is 12.6 Å². The van der Waals surface area contributed by atoms with E-state index in [2.05, 4.69) is 31.2 Å². The van der Waals surface area contributed by atoms with Gasteiger partial charge in [0.25, 0.3) is 0 Å². The van der Waals surface area contributed by atoms with Crippen LogP contribution in [0.4, 0.5) is 0 Å². The van der Waals surface area contributed by atoms with Crippen LogP contribution in [0.5, 0.6) is 5.75 Å². The molecule has 0 radical (unpaired) electrons. The van der Waals surface area contributed by atoms with Crippen LogP contribution in [0.2, 0.25) is 0 Å². The molecule has 0 saturated heterocycles. The zero-order chi connectivity index (χ0) is 34.0. The Kier molecular flexibility index (Phi) is 27.9. The molecule has 0 heterocycles. The molecule has 0 bridgehead atoms. The fourth-order valence-corrected chi connectivity index (χ4v) is 6.61. The highest BCUT2D eigenvalue weighted by Gasteiger charge is 2.04. The summed E-state index contributed by atoms with van der Waals surface area (Å²) in [6.07, 6.45) is 39.1. The maximum atomic E-state index is 12.1. The SMILES string of the molecule is CCCCCCCCCCCCCCCCCCCCCCCCCCCCCC(=O)OCCc1ccc(OCc2ccccc2)cc1. The number of rotatable bonds is 34. The lowest BCUT2D eigenvalue weighted by Gasteiger charge is -2.08. The van der Waals surface area contributed by atoms with E-state index in [4.69, 9.17) is 9.47 Å². The highest BCUT2D eigenvalue weighted by Crippen LogP contribution is 2.17. The van der Waals surface area contributed by atoms with Crippen LogP contribution < -0.4 is 4.74 Å². The lowest BCUT2D eigenvalue weighted by molar-refractivity contribution is -0.143. The Morgan fingerprint density at radius 2 is 0.854 bits per heavy atom. The van der Waals surface area contributed by atoms with E-state index in [-0.39, 0.29) is 5.97 Å². The number of carbonyl (C=O) groups excluding carboxylic acids is 1. The summed E-state index contributed by atoms with van der Waals surface area (Å²) in [6, 6.07) is 18.3. The van der Waals surface area contributed by atoms with Crippen molar-refractivity contribution >= 4 is 5.97 Å². The molecule has 3 nitrogen and oxygen atoms in total. The Morgan fingerprint density at radius 3 is 1.27 bits per heavy atom. The van der Waals surface area contributed by atoms with Crippen molar-refractivity contribution in [2.24, 2.45) is 0 Å².